The monoisotopic (exact) mass is 241 g/mol. The van der Waals surface area contributed by atoms with E-state index in [1.165, 1.54) is 12.1 Å². The molecule has 0 saturated carbocycles. The lowest BCUT2D eigenvalue weighted by Crippen LogP contribution is -2.42. The molecule has 1 aliphatic rings. The molecule has 0 aromatic heterocycles. The van der Waals surface area contributed by atoms with Gasteiger partial charge in [-0.15, -0.1) is 0 Å². The Balaban J connectivity index is 1.98. The zero-order valence-electron chi connectivity index (χ0n) is 9.88. The van der Waals surface area contributed by atoms with Crippen LogP contribution in [-0.2, 0) is 17.1 Å². The van der Waals surface area contributed by atoms with E-state index in [4.69, 9.17) is 4.74 Å². The smallest absolute Gasteiger partial charge is 0.270 e. The molecule has 2 rings (SSSR count). The Morgan fingerprint density at radius 3 is 2.59 bits per heavy atom. The van der Waals surface area contributed by atoms with Crippen molar-refractivity contribution >= 4 is 0 Å². The summed E-state index contributed by atoms with van der Waals surface area (Å²) in [5.74, 6) is -2.76. The number of morpholine rings is 1. The van der Waals surface area contributed by atoms with Crippen molar-refractivity contribution in [2.45, 2.75) is 25.3 Å². The predicted molar refractivity (Wildman–Crippen MR) is 62.3 cm³/mol. The van der Waals surface area contributed by atoms with Gasteiger partial charge >= 0.3 is 0 Å². The summed E-state index contributed by atoms with van der Waals surface area (Å²) in [5.41, 5.74) is 1.12. The first-order chi connectivity index (χ1) is 8.05. The van der Waals surface area contributed by atoms with Gasteiger partial charge in [0, 0.05) is 25.1 Å². The van der Waals surface area contributed by atoms with E-state index in [0.29, 0.717) is 6.61 Å². The third-order valence-corrected chi connectivity index (χ3v) is 2.94. The molecule has 1 saturated heterocycles. The maximum absolute atomic E-state index is 13.0. The molecular weight excluding hydrogens is 224 g/mol. The summed E-state index contributed by atoms with van der Waals surface area (Å²) in [7, 11) is 0. The van der Waals surface area contributed by atoms with Crippen LogP contribution < -0.4 is 5.32 Å². The second-order valence-corrected chi connectivity index (χ2v) is 4.52. The van der Waals surface area contributed by atoms with Crippen molar-refractivity contribution in [1.29, 1.82) is 0 Å². The van der Waals surface area contributed by atoms with Crippen LogP contribution in [0.3, 0.4) is 0 Å². The minimum absolute atomic E-state index is 0.0640. The highest BCUT2D eigenvalue weighted by Crippen LogP contribution is 2.26. The lowest BCUT2D eigenvalue weighted by atomic mass is 10.0. The van der Waals surface area contributed by atoms with Crippen LogP contribution >= 0.6 is 0 Å². The Morgan fingerprint density at radius 2 is 2.06 bits per heavy atom. The fourth-order valence-corrected chi connectivity index (χ4v) is 1.97. The number of benzene rings is 1. The number of alkyl halides is 2. The van der Waals surface area contributed by atoms with Crippen LogP contribution in [0.4, 0.5) is 8.78 Å². The summed E-state index contributed by atoms with van der Waals surface area (Å²) in [6.45, 7) is 3.21. The number of ether oxygens (including phenoxy) is 1. The molecule has 1 aromatic carbocycles. The second kappa shape index (κ2) is 5.10. The van der Waals surface area contributed by atoms with Gasteiger partial charge in [-0.3, -0.25) is 0 Å². The molecule has 1 N–H and O–H groups in total. The molecule has 0 amide bonds. The van der Waals surface area contributed by atoms with Crippen LogP contribution in [-0.4, -0.2) is 25.8 Å². The largest absolute Gasteiger partial charge is 0.379 e. The molecule has 0 spiro atoms. The lowest BCUT2D eigenvalue weighted by Gasteiger charge is -2.24. The van der Waals surface area contributed by atoms with Gasteiger partial charge in [0.15, 0.2) is 0 Å². The lowest BCUT2D eigenvalue weighted by molar-refractivity contribution is 0.0174. The topological polar surface area (TPSA) is 21.3 Å². The molecule has 17 heavy (non-hydrogen) atoms. The molecule has 1 unspecified atom stereocenters. The summed E-state index contributed by atoms with van der Waals surface area (Å²) in [6.07, 6.45) is 0.815. The van der Waals surface area contributed by atoms with Gasteiger partial charge in [0.2, 0.25) is 0 Å². The Hall–Kier alpha value is -1.00. The summed E-state index contributed by atoms with van der Waals surface area (Å²) in [5, 5.41) is 3.34. The molecule has 1 atom stereocenters. The van der Waals surface area contributed by atoms with E-state index in [1.807, 2.05) is 0 Å². The van der Waals surface area contributed by atoms with Gasteiger partial charge < -0.3 is 10.1 Å². The molecular formula is C13H17F2NO. The van der Waals surface area contributed by atoms with Crippen LogP contribution in [0.5, 0.6) is 0 Å². The quantitative estimate of drug-likeness (QED) is 0.877. The summed E-state index contributed by atoms with van der Waals surface area (Å²) in [4.78, 5) is 0. The van der Waals surface area contributed by atoms with Crippen LogP contribution in [0.25, 0.3) is 0 Å². The number of nitrogens with one attached hydrogen (secondary N) is 1. The average molecular weight is 241 g/mol. The standard InChI is InChI=1S/C13H17F2NO/c1-13(14,15)11-4-2-10(3-5-11)8-12-9-17-7-6-16-12/h2-5,12,16H,6-9H2,1H3. The SMILES string of the molecule is CC(F)(F)c1ccc(CC2COCCN2)cc1. The Bertz CT molecular complexity index is 353. The van der Waals surface area contributed by atoms with E-state index in [2.05, 4.69) is 5.32 Å². The summed E-state index contributed by atoms with van der Waals surface area (Å²) in [6, 6.07) is 6.82. The van der Waals surface area contributed by atoms with Crippen LogP contribution in [0.1, 0.15) is 18.1 Å². The molecule has 0 aliphatic carbocycles. The maximum atomic E-state index is 13.0. The summed E-state index contributed by atoms with van der Waals surface area (Å²) >= 11 is 0. The van der Waals surface area contributed by atoms with Gasteiger partial charge in [-0.05, 0) is 12.0 Å². The number of hydrogen-bond donors (Lipinski definition) is 1. The molecule has 0 radical (unpaired) electrons. The Morgan fingerprint density at radius 1 is 1.35 bits per heavy atom. The van der Waals surface area contributed by atoms with Gasteiger partial charge in [0.05, 0.1) is 13.2 Å². The Labute approximate surface area is 100.0 Å². The van der Waals surface area contributed by atoms with Gasteiger partial charge in [0.1, 0.15) is 0 Å². The molecule has 1 fully saturated rings. The average Bonchev–Trinajstić information content (AvgIpc) is 2.30. The first-order valence-corrected chi connectivity index (χ1v) is 5.84. The Kier molecular flexibility index (Phi) is 3.74. The number of rotatable bonds is 3. The zero-order chi connectivity index (χ0) is 12.3. The van der Waals surface area contributed by atoms with Crippen molar-refractivity contribution in [2.24, 2.45) is 0 Å². The van der Waals surface area contributed by atoms with Crippen molar-refractivity contribution in [3.8, 4) is 0 Å². The molecule has 0 bridgehead atoms. The first-order valence-electron chi connectivity index (χ1n) is 5.84. The normalized spacial score (nSPS) is 21.5. The first kappa shape index (κ1) is 12.5. The number of hydrogen-bond acceptors (Lipinski definition) is 2. The third-order valence-electron chi connectivity index (χ3n) is 2.94. The van der Waals surface area contributed by atoms with E-state index >= 15 is 0 Å². The molecule has 94 valence electrons. The van der Waals surface area contributed by atoms with Crippen LogP contribution in [0, 0.1) is 0 Å². The minimum Gasteiger partial charge on any atom is -0.379 e. The van der Waals surface area contributed by atoms with Gasteiger partial charge in [-0.1, -0.05) is 24.3 Å². The molecule has 2 nitrogen and oxygen atoms in total. The van der Waals surface area contributed by atoms with Gasteiger partial charge in [0.25, 0.3) is 5.92 Å². The number of halogens is 2. The second-order valence-electron chi connectivity index (χ2n) is 4.52. The maximum Gasteiger partial charge on any atom is 0.270 e. The van der Waals surface area contributed by atoms with E-state index < -0.39 is 5.92 Å². The van der Waals surface area contributed by atoms with E-state index in [-0.39, 0.29) is 11.6 Å². The van der Waals surface area contributed by atoms with E-state index in [0.717, 1.165) is 32.1 Å². The highest BCUT2D eigenvalue weighted by Gasteiger charge is 2.23. The van der Waals surface area contributed by atoms with Gasteiger partial charge in [-0.2, -0.15) is 0 Å². The van der Waals surface area contributed by atoms with Crippen molar-refractivity contribution in [3.63, 3.8) is 0 Å². The van der Waals surface area contributed by atoms with Crippen molar-refractivity contribution in [2.75, 3.05) is 19.8 Å². The van der Waals surface area contributed by atoms with Crippen LogP contribution in [0.15, 0.2) is 24.3 Å². The van der Waals surface area contributed by atoms with E-state index in [1.54, 1.807) is 12.1 Å². The van der Waals surface area contributed by atoms with Crippen molar-refractivity contribution < 1.29 is 13.5 Å². The summed E-state index contributed by atoms with van der Waals surface area (Å²) < 4.78 is 31.4. The highest BCUT2D eigenvalue weighted by molar-refractivity contribution is 5.26. The third kappa shape index (κ3) is 3.48. The van der Waals surface area contributed by atoms with E-state index in [9.17, 15) is 8.78 Å². The predicted octanol–water partition coefficient (Wildman–Crippen LogP) is 2.33. The molecule has 4 heteroatoms. The van der Waals surface area contributed by atoms with Gasteiger partial charge in [-0.25, -0.2) is 8.78 Å². The minimum atomic E-state index is -2.76. The fourth-order valence-electron chi connectivity index (χ4n) is 1.97. The molecule has 1 heterocycles. The zero-order valence-corrected chi connectivity index (χ0v) is 9.88. The fraction of sp³-hybridized carbons (Fsp3) is 0.538. The highest BCUT2D eigenvalue weighted by atomic mass is 19.3. The molecule has 1 aromatic rings. The van der Waals surface area contributed by atoms with Crippen LogP contribution in [0.2, 0.25) is 0 Å². The van der Waals surface area contributed by atoms with Crippen molar-refractivity contribution in [3.05, 3.63) is 35.4 Å². The van der Waals surface area contributed by atoms with Crippen molar-refractivity contribution in [1.82, 2.24) is 5.32 Å². The molecule has 1 aliphatic heterocycles.